The van der Waals surface area contributed by atoms with Gasteiger partial charge in [0, 0.05) is 45.0 Å². The highest BCUT2D eigenvalue weighted by Crippen LogP contribution is 2.34. The Morgan fingerprint density at radius 3 is 2.10 bits per heavy atom. The average Bonchev–Trinajstić information content (AvgIpc) is 2.74. The van der Waals surface area contributed by atoms with Gasteiger partial charge in [-0.05, 0) is 25.0 Å². The van der Waals surface area contributed by atoms with Crippen LogP contribution >= 0.6 is 0 Å². The Labute approximate surface area is 169 Å². The highest BCUT2D eigenvalue weighted by molar-refractivity contribution is 7.89. The topological polar surface area (TPSA) is 130 Å². The van der Waals surface area contributed by atoms with E-state index < -0.39 is 33.2 Å². The normalized spacial score (nSPS) is 20.3. The quantitative estimate of drug-likeness (QED) is 0.459. The minimum Gasteiger partial charge on any atom is -0.465 e. The summed E-state index contributed by atoms with van der Waals surface area (Å²) in [6.45, 7) is 1.76. The number of piperazine rings is 1. The van der Waals surface area contributed by atoms with Crippen LogP contribution in [0, 0.1) is 5.41 Å². The number of hydrogen-bond acceptors (Lipinski definition) is 6. The second kappa shape index (κ2) is 8.56. The van der Waals surface area contributed by atoms with Crippen molar-refractivity contribution in [2.75, 3.05) is 49.9 Å². The second-order valence-electron chi connectivity index (χ2n) is 7.47. The molecule has 0 aliphatic carbocycles. The van der Waals surface area contributed by atoms with Crippen molar-refractivity contribution in [1.29, 1.82) is 0 Å². The molecule has 0 radical (unpaired) electrons. The summed E-state index contributed by atoms with van der Waals surface area (Å²) in [4.78, 5) is 26.7. The first-order valence-electron chi connectivity index (χ1n) is 9.48. The molecule has 0 unspecified atom stereocenters. The van der Waals surface area contributed by atoms with Crippen LogP contribution in [0.2, 0.25) is 0 Å². The van der Waals surface area contributed by atoms with E-state index in [1.54, 1.807) is 5.48 Å². The fourth-order valence-corrected chi connectivity index (χ4v) is 6.01. The lowest BCUT2D eigenvalue weighted by atomic mass is 9.79. The molecule has 3 N–H and O–H groups in total. The Bertz CT molecular complexity index is 831. The number of nitrogens with one attached hydrogen (secondary N) is 1. The fraction of sp³-hybridized carbons (Fsp3) is 0.556. The Hall–Kier alpha value is -2.37. The number of carbonyl (C=O) groups is 2. The van der Waals surface area contributed by atoms with Gasteiger partial charge < -0.3 is 14.9 Å². The molecule has 11 heteroatoms. The summed E-state index contributed by atoms with van der Waals surface area (Å²) < 4.78 is 27.5. The van der Waals surface area contributed by atoms with Gasteiger partial charge in [-0.25, -0.2) is 18.7 Å². The highest BCUT2D eigenvalue weighted by Gasteiger charge is 2.47. The Morgan fingerprint density at radius 1 is 1.00 bits per heavy atom. The van der Waals surface area contributed by atoms with Crippen molar-refractivity contribution in [2.45, 2.75) is 12.8 Å². The number of amides is 2. The molecular weight excluding hydrogens is 400 g/mol. The molecule has 2 heterocycles. The van der Waals surface area contributed by atoms with Gasteiger partial charge in [-0.3, -0.25) is 10.0 Å². The number of benzene rings is 1. The van der Waals surface area contributed by atoms with Crippen LogP contribution in [0.1, 0.15) is 12.8 Å². The lowest BCUT2D eigenvalue weighted by Gasteiger charge is -2.41. The van der Waals surface area contributed by atoms with Gasteiger partial charge in [0.1, 0.15) is 0 Å². The summed E-state index contributed by atoms with van der Waals surface area (Å²) in [7, 11) is -3.77. The van der Waals surface area contributed by atoms with Crippen LogP contribution in [0.4, 0.5) is 10.5 Å². The summed E-state index contributed by atoms with van der Waals surface area (Å²) in [6.07, 6.45) is -1.04. The van der Waals surface area contributed by atoms with Crippen LogP contribution in [0.15, 0.2) is 30.3 Å². The van der Waals surface area contributed by atoms with E-state index in [0.29, 0.717) is 26.2 Å². The van der Waals surface area contributed by atoms with E-state index >= 15 is 0 Å². The van der Waals surface area contributed by atoms with E-state index in [4.69, 9.17) is 10.3 Å². The number of hydroxylamine groups is 1. The molecule has 2 aliphatic heterocycles. The number of anilines is 1. The molecule has 2 saturated heterocycles. The first-order valence-corrected chi connectivity index (χ1v) is 11.1. The Balaban J connectivity index is 1.68. The van der Waals surface area contributed by atoms with Crippen LogP contribution in [-0.4, -0.2) is 85.0 Å². The van der Waals surface area contributed by atoms with E-state index in [1.165, 1.54) is 4.31 Å². The molecule has 0 aromatic heterocycles. The van der Waals surface area contributed by atoms with Gasteiger partial charge in [-0.15, -0.1) is 0 Å². The third-order valence-electron chi connectivity index (χ3n) is 5.79. The van der Waals surface area contributed by atoms with Crippen molar-refractivity contribution in [3.63, 3.8) is 0 Å². The maximum absolute atomic E-state index is 13.1. The molecule has 3 rings (SSSR count). The van der Waals surface area contributed by atoms with E-state index in [9.17, 15) is 18.0 Å². The maximum atomic E-state index is 13.1. The molecule has 2 amide bonds. The molecule has 1 aromatic rings. The predicted molar refractivity (Wildman–Crippen MR) is 105 cm³/mol. The van der Waals surface area contributed by atoms with Crippen molar-refractivity contribution in [1.82, 2.24) is 14.7 Å². The first-order chi connectivity index (χ1) is 13.8. The zero-order valence-electron chi connectivity index (χ0n) is 16.0. The van der Waals surface area contributed by atoms with Crippen LogP contribution in [0.3, 0.4) is 0 Å². The number of likely N-dealkylation sites (tertiary alicyclic amines) is 1. The standard InChI is InChI=1S/C18H26N4O6S/c23-16(19-26)18(6-8-21(9-7-18)17(24)25)14-29(27,28)22-12-10-20(11-13-22)15-4-2-1-3-5-15/h1-5,26H,6-14H2,(H,19,23)(H,24,25). The summed E-state index contributed by atoms with van der Waals surface area (Å²) in [5.41, 5.74) is 1.26. The number of hydrogen-bond donors (Lipinski definition) is 3. The lowest BCUT2D eigenvalue weighted by molar-refractivity contribution is -0.141. The molecule has 10 nitrogen and oxygen atoms in total. The minimum atomic E-state index is -3.77. The average molecular weight is 426 g/mol. The molecule has 0 bridgehead atoms. The van der Waals surface area contributed by atoms with Gasteiger partial charge in [0.15, 0.2) is 0 Å². The summed E-state index contributed by atoms with van der Waals surface area (Å²) in [6, 6.07) is 9.73. The minimum absolute atomic E-state index is 0.0366. The largest absolute Gasteiger partial charge is 0.465 e. The van der Waals surface area contributed by atoms with Gasteiger partial charge >= 0.3 is 6.09 Å². The van der Waals surface area contributed by atoms with Crippen LogP contribution < -0.4 is 10.4 Å². The van der Waals surface area contributed by atoms with Crippen LogP contribution in [0.5, 0.6) is 0 Å². The molecular formula is C18H26N4O6S. The van der Waals surface area contributed by atoms with Gasteiger partial charge in [-0.1, -0.05) is 18.2 Å². The number of para-hydroxylation sites is 1. The van der Waals surface area contributed by atoms with Gasteiger partial charge in [0.25, 0.3) is 5.91 Å². The number of carbonyl (C=O) groups excluding carboxylic acids is 1. The number of piperidine rings is 1. The number of sulfonamides is 1. The number of rotatable bonds is 5. The third-order valence-corrected chi connectivity index (χ3v) is 7.86. The van der Waals surface area contributed by atoms with Gasteiger partial charge in [0.05, 0.1) is 11.2 Å². The zero-order valence-corrected chi connectivity index (χ0v) is 16.8. The van der Waals surface area contributed by atoms with Crippen molar-refractivity contribution < 1.29 is 28.3 Å². The van der Waals surface area contributed by atoms with E-state index in [-0.39, 0.29) is 25.9 Å². The van der Waals surface area contributed by atoms with Crippen LogP contribution in [-0.2, 0) is 14.8 Å². The second-order valence-corrected chi connectivity index (χ2v) is 9.44. The van der Waals surface area contributed by atoms with Gasteiger partial charge in [0.2, 0.25) is 10.0 Å². The Kier molecular flexibility index (Phi) is 6.30. The van der Waals surface area contributed by atoms with Crippen molar-refractivity contribution in [3.05, 3.63) is 30.3 Å². The zero-order chi connectivity index (χ0) is 21.1. The van der Waals surface area contributed by atoms with Crippen LogP contribution in [0.25, 0.3) is 0 Å². The molecule has 0 spiro atoms. The molecule has 1 aromatic carbocycles. The molecule has 2 aliphatic rings. The van der Waals surface area contributed by atoms with E-state index in [1.807, 2.05) is 30.3 Å². The van der Waals surface area contributed by atoms with Crippen molar-refractivity contribution in [2.24, 2.45) is 5.41 Å². The molecule has 0 atom stereocenters. The maximum Gasteiger partial charge on any atom is 0.407 e. The smallest absolute Gasteiger partial charge is 0.407 e. The number of carboxylic acid groups (broad SMARTS) is 1. The highest BCUT2D eigenvalue weighted by atomic mass is 32.2. The SMILES string of the molecule is O=C(O)N1CCC(CS(=O)(=O)N2CCN(c3ccccc3)CC2)(C(=O)NO)CC1. The third kappa shape index (κ3) is 4.62. The molecule has 29 heavy (non-hydrogen) atoms. The monoisotopic (exact) mass is 426 g/mol. The Morgan fingerprint density at radius 2 is 1.59 bits per heavy atom. The molecule has 0 saturated carbocycles. The summed E-state index contributed by atoms with van der Waals surface area (Å²) in [5, 5.41) is 18.3. The number of nitrogens with zero attached hydrogens (tertiary/aromatic N) is 3. The summed E-state index contributed by atoms with van der Waals surface area (Å²) >= 11 is 0. The van der Waals surface area contributed by atoms with E-state index in [0.717, 1.165) is 10.6 Å². The lowest BCUT2D eigenvalue weighted by Crippen LogP contribution is -2.56. The molecule has 2 fully saturated rings. The fourth-order valence-electron chi connectivity index (χ4n) is 3.99. The molecule has 160 valence electrons. The first kappa shape index (κ1) is 21.3. The summed E-state index contributed by atoms with van der Waals surface area (Å²) in [5.74, 6) is -1.24. The van der Waals surface area contributed by atoms with Gasteiger partial charge in [-0.2, -0.15) is 4.31 Å². The van der Waals surface area contributed by atoms with Crippen molar-refractivity contribution >= 4 is 27.7 Å². The van der Waals surface area contributed by atoms with Crippen molar-refractivity contribution in [3.8, 4) is 0 Å². The predicted octanol–water partition coefficient (Wildman–Crippen LogP) is 0.404. The van der Waals surface area contributed by atoms with E-state index in [2.05, 4.69) is 4.90 Å².